The minimum atomic E-state index is -0.645. The van der Waals surface area contributed by atoms with Crippen LogP contribution in [0.5, 0.6) is 5.75 Å². The summed E-state index contributed by atoms with van der Waals surface area (Å²) in [6.07, 6.45) is -0.171. The zero-order valence-corrected chi connectivity index (χ0v) is 10.2. The summed E-state index contributed by atoms with van der Waals surface area (Å²) >= 11 is 3.20. The van der Waals surface area contributed by atoms with Crippen LogP contribution in [0.15, 0.2) is 27.8 Å². The molecule has 0 radical (unpaired) electrons. The van der Waals surface area contributed by atoms with Gasteiger partial charge in [0, 0.05) is 4.47 Å². The van der Waals surface area contributed by atoms with Crippen LogP contribution in [0.3, 0.4) is 0 Å². The van der Waals surface area contributed by atoms with Crippen molar-refractivity contribution in [3.05, 3.63) is 28.5 Å². The van der Waals surface area contributed by atoms with Gasteiger partial charge in [-0.05, 0) is 24.6 Å². The van der Waals surface area contributed by atoms with Crippen LogP contribution < -0.4 is 10.5 Å². The van der Waals surface area contributed by atoms with E-state index in [1.165, 1.54) is 12.1 Å². The standard InChI is InChI=1S/C10H12BrFN2O2/c1-2-8(10(13)14-15)16-9-5-6(11)3-4-7(9)12/h3-5,8,15H,2H2,1H3,(H2,13,14). The van der Waals surface area contributed by atoms with Crippen molar-refractivity contribution in [3.63, 3.8) is 0 Å². The summed E-state index contributed by atoms with van der Waals surface area (Å²) in [5.74, 6) is -0.512. The lowest BCUT2D eigenvalue weighted by atomic mass is 10.2. The molecule has 0 aliphatic rings. The van der Waals surface area contributed by atoms with E-state index in [4.69, 9.17) is 15.7 Å². The number of amidine groups is 1. The molecule has 4 nitrogen and oxygen atoms in total. The van der Waals surface area contributed by atoms with Gasteiger partial charge < -0.3 is 15.7 Å². The molecule has 0 fully saturated rings. The Hall–Kier alpha value is -1.30. The normalized spacial score (nSPS) is 13.6. The van der Waals surface area contributed by atoms with E-state index in [1.807, 2.05) is 0 Å². The number of nitrogens with zero attached hydrogens (tertiary/aromatic N) is 1. The molecule has 0 saturated heterocycles. The molecule has 1 rings (SSSR count). The molecular formula is C10H12BrFN2O2. The molecule has 16 heavy (non-hydrogen) atoms. The van der Waals surface area contributed by atoms with E-state index in [-0.39, 0.29) is 11.6 Å². The number of benzene rings is 1. The Bertz CT molecular complexity index is 398. The van der Waals surface area contributed by atoms with Gasteiger partial charge in [-0.15, -0.1) is 0 Å². The molecule has 1 aromatic rings. The van der Waals surface area contributed by atoms with Crippen LogP contribution in [0.1, 0.15) is 13.3 Å². The van der Waals surface area contributed by atoms with E-state index in [0.29, 0.717) is 10.9 Å². The van der Waals surface area contributed by atoms with Gasteiger partial charge >= 0.3 is 0 Å². The summed E-state index contributed by atoms with van der Waals surface area (Å²) in [6.45, 7) is 1.79. The lowest BCUT2D eigenvalue weighted by molar-refractivity contribution is 0.237. The quantitative estimate of drug-likeness (QED) is 0.387. The van der Waals surface area contributed by atoms with Crippen LogP contribution in [0.4, 0.5) is 4.39 Å². The van der Waals surface area contributed by atoms with Crippen LogP contribution in [0, 0.1) is 5.82 Å². The Kier molecular flexibility index (Phi) is 4.54. The second kappa shape index (κ2) is 5.69. The highest BCUT2D eigenvalue weighted by atomic mass is 79.9. The fourth-order valence-corrected chi connectivity index (χ4v) is 1.48. The molecule has 0 amide bonds. The second-order valence-corrected chi connectivity index (χ2v) is 4.03. The minimum Gasteiger partial charge on any atom is -0.479 e. The molecule has 3 N–H and O–H groups in total. The van der Waals surface area contributed by atoms with Gasteiger partial charge in [0.1, 0.15) is 0 Å². The molecular weight excluding hydrogens is 279 g/mol. The minimum absolute atomic E-state index is 0.0628. The lowest BCUT2D eigenvalue weighted by Crippen LogP contribution is -2.33. The molecule has 6 heteroatoms. The summed E-state index contributed by atoms with van der Waals surface area (Å²) in [5.41, 5.74) is 5.40. The zero-order valence-electron chi connectivity index (χ0n) is 8.65. The van der Waals surface area contributed by atoms with Crippen LogP contribution in [-0.2, 0) is 0 Å². The SMILES string of the molecule is CCC(Oc1cc(Br)ccc1F)/C(N)=N/O. The average Bonchev–Trinajstić information content (AvgIpc) is 2.29. The van der Waals surface area contributed by atoms with Gasteiger partial charge in [-0.3, -0.25) is 0 Å². The Morgan fingerprint density at radius 3 is 2.94 bits per heavy atom. The molecule has 1 unspecified atom stereocenters. The largest absolute Gasteiger partial charge is 0.479 e. The number of hydrogen-bond donors (Lipinski definition) is 2. The Labute approximate surface area is 101 Å². The molecule has 1 aromatic carbocycles. The van der Waals surface area contributed by atoms with Crippen molar-refractivity contribution in [2.24, 2.45) is 10.9 Å². The first-order valence-electron chi connectivity index (χ1n) is 4.67. The van der Waals surface area contributed by atoms with Crippen molar-refractivity contribution in [1.82, 2.24) is 0 Å². The third-order valence-electron chi connectivity index (χ3n) is 1.98. The van der Waals surface area contributed by atoms with Gasteiger partial charge in [-0.25, -0.2) is 4.39 Å². The van der Waals surface area contributed by atoms with Crippen LogP contribution >= 0.6 is 15.9 Å². The summed E-state index contributed by atoms with van der Waals surface area (Å²) in [7, 11) is 0. The van der Waals surface area contributed by atoms with Crippen molar-refractivity contribution in [2.45, 2.75) is 19.4 Å². The fourth-order valence-electron chi connectivity index (χ4n) is 1.14. The highest BCUT2D eigenvalue weighted by molar-refractivity contribution is 9.10. The molecule has 0 heterocycles. The first-order chi connectivity index (χ1) is 7.58. The van der Waals surface area contributed by atoms with Crippen molar-refractivity contribution < 1.29 is 14.3 Å². The van der Waals surface area contributed by atoms with Crippen molar-refractivity contribution in [2.75, 3.05) is 0 Å². The van der Waals surface area contributed by atoms with Crippen molar-refractivity contribution >= 4 is 21.8 Å². The molecule has 0 saturated carbocycles. The predicted octanol–water partition coefficient (Wildman–Crippen LogP) is 2.49. The first-order valence-corrected chi connectivity index (χ1v) is 5.47. The molecule has 0 spiro atoms. The Morgan fingerprint density at radius 2 is 2.38 bits per heavy atom. The maximum absolute atomic E-state index is 13.3. The van der Waals surface area contributed by atoms with Crippen LogP contribution in [0.25, 0.3) is 0 Å². The summed E-state index contributed by atoms with van der Waals surface area (Å²) in [4.78, 5) is 0. The Balaban J connectivity index is 2.89. The number of oxime groups is 1. The maximum Gasteiger partial charge on any atom is 0.180 e. The topological polar surface area (TPSA) is 67.8 Å². The predicted molar refractivity (Wildman–Crippen MR) is 62.2 cm³/mol. The monoisotopic (exact) mass is 290 g/mol. The third-order valence-corrected chi connectivity index (χ3v) is 2.47. The molecule has 1 atom stereocenters. The average molecular weight is 291 g/mol. The van der Waals surface area contributed by atoms with Crippen LogP contribution in [0.2, 0.25) is 0 Å². The fraction of sp³-hybridized carbons (Fsp3) is 0.300. The first kappa shape index (κ1) is 12.8. The molecule has 0 bridgehead atoms. The van der Waals surface area contributed by atoms with E-state index in [2.05, 4.69) is 21.1 Å². The van der Waals surface area contributed by atoms with Crippen LogP contribution in [-0.4, -0.2) is 17.1 Å². The Morgan fingerprint density at radius 1 is 1.69 bits per heavy atom. The summed E-state index contributed by atoms with van der Waals surface area (Å²) < 4.78 is 19.3. The molecule has 0 aromatic heterocycles. The maximum atomic E-state index is 13.3. The zero-order chi connectivity index (χ0) is 12.1. The van der Waals surface area contributed by atoms with Gasteiger partial charge in [0.15, 0.2) is 23.5 Å². The van der Waals surface area contributed by atoms with E-state index in [0.717, 1.165) is 0 Å². The molecule has 0 aliphatic carbocycles. The number of ether oxygens (including phenoxy) is 1. The van der Waals surface area contributed by atoms with Gasteiger partial charge in [-0.1, -0.05) is 28.0 Å². The highest BCUT2D eigenvalue weighted by Gasteiger charge is 2.16. The van der Waals surface area contributed by atoms with Gasteiger partial charge in [0.2, 0.25) is 0 Å². The van der Waals surface area contributed by atoms with E-state index < -0.39 is 11.9 Å². The van der Waals surface area contributed by atoms with Gasteiger partial charge in [0.05, 0.1) is 0 Å². The second-order valence-electron chi connectivity index (χ2n) is 3.11. The molecule has 88 valence electrons. The van der Waals surface area contributed by atoms with Gasteiger partial charge in [-0.2, -0.15) is 0 Å². The number of rotatable bonds is 4. The lowest BCUT2D eigenvalue weighted by Gasteiger charge is -2.16. The number of halogens is 2. The van der Waals surface area contributed by atoms with Gasteiger partial charge in [0.25, 0.3) is 0 Å². The van der Waals surface area contributed by atoms with E-state index in [1.54, 1.807) is 13.0 Å². The molecule has 0 aliphatic heterocycles. The van der Waals surface area contributed by atoms with E-state index >= 15 is 0 Å². The highest BCUT2D eigenvalue weighted by Crippen LogP contribution is 2.23. The number of nitrogens with two attached hydrogens (primary N) is 1. The van der Waals surface area contributed by atoms with Crippen molar-refractivity contribution in [3.8, 4) is 5.75 Å². The smallest absolute Gasteiger partial charge is 0.180 e. The third kappa shape index (κ3) is 3.10. The van der Waals surface area contributed by atoms with Crippen molar-refractivity contribution in [1.29, 1.82) is 0 Å². The summed E-state index contributed by atoms with van der Waals surface area (Å²) in [5, 5.41) is 11.4. The number of hydrogen-bond acceptors (Lipinski definition) is 3. The summed E-state index contributed by atoms with van der Waals surface area (Å²) in [6, 6.07) is 4.33. The van der Waals surface area contributed by atoms with E-state index in [9.17, 15) is 4.39 Å².